The zero-order valence-electron chi connectivity index (χ0n) is 11.6. The molecule has 4 nitrogen and oxygen atoms in total. The van der Waals surface area contributed by atoms with E-state index in [1.165, 1.54) is 0 Å². The highest BCUT2D eigenvalue weighted by molar-refractivity contribution is 14.1. The Balaban J connectivity index is 1.72. The zero-order chi connectivity index (χ0) is 14.4. The van der Waals surface area contributed by atoms with Crippen molar-refractivity contribution in [2.45, 2.75) is 25.9 Å². The highest BCUT2D eigenvalue weighted by Crippen LogP contribution is 2.21. The van der Waals surface area contributed by atoms with Crippen molar-refractivity contribution in [3.63, 3.8) is 0 Å². The average Bonchev–Trinajstić information content (AvgIpc) is 2.90. The molecule has 1 aliphatic rings. The van der Waals surface area contributed by atoms with Crippen LogP contribution < -0.4 is 0 Å². The summed E-state index contributed by atoms with van der Waals surface area (Å²) < 4.78 is 12.2. The molecule has 1 aromatic heterocycles. The highest BCUT2D eigenvalue weighted by Gasteiger charge is 2.24. The third-order valence-electron chi connectivity index (χ3n) is 3.33. The Morgan fingerprint density at radius 1 is 1.45 bits per heavy atom. The van der Waals surface area contributed by atoms with E-state index in [0.717, 1.165) is 41.0 Å². The van der Waals surface area contributed by atoms with E-state index >= 15 is 0 Å². The van der Waals surface area contributed by atoms with Crippen LogP contribution in [0.5, 0.6) is 0 Å². The summed E-state index contributed by atoms with van der Waals surface area (Å²) in [6.07, 6.45) is 2.10. The Labute approximate surface area is 137 Å². The van der Waals surface area contributed by atoms with E-state index in [9.17, 15) is 4.79 Å². The molecular formula is C14H20INO3S. The monoisotopic (exact) mass is 409 g/mol. The van der Waals surface area contributed by atoms with Gasteiger partial charge >= 0.3 is 0 Å². The summed E-state index contributed by atoms with van der Waals surface area (Å²) in [6, 6.07) is 1.96. The van der Waals surface area contributed by atoms with Crippen LogP contribution in [0.1, 0.15) is 30.1 Å². The predicted molar refractivity (Wildman–Crippen MR) is 88.4 cm³/mol. The van der Waals surface area contributed by atoms with Gasteiger partial charge in [0.1, 0.15) is 0 Å². The second kappa shape index (κ2) is 8.31. The van der Waals surface area contributed by atoms with Crippen LogP contribution in [0, 0.1) is 2.88 Å². The fourth-order valence-corrected chi connectivity index (χ4v) is 3.57. The van der Waals surface area contributed by atoms with Crippen LogP contribution >= 0.6 is 33.9 Å². The van der Waals surface area contributed by atoms with Gasteiger partial charge in [-0.2, -0.15) is 0 Å². The van der Waals surface area contributed by atoms with Crippen LogP contribution in [0.4, 0.5) is 0 Å². The molecule has 1 aromatic rings. The second-order valence-electron chi connectivity index (χ2n) is 4.70. The lowest BCUT2D eigenvalue weighted by atomic mass is 10.1. The molecular weight excluding hydrogens is 389 g/mol. The number of rotatable bonds is 6. The molecule has 1 aliphatic heterocycles. The first kappa shape index (κ1) is 16.2. The van der Waals surface area contributed by atoms with E-state index in [4.69, 9.17) is 9.47 Å². The highest BCUT2D eigenvalue weighted by atomic mass is 127. The summed E-state index contributed by atoms with van der Waals surface area (Å²) in [5.74, 6) is 0.150. The summed E-state index contributed by atoms with van der Waals surface area (Å²) in [5, 5.41) is 1.94. The van der Waals surface area contributed by atoms with E-state index < -0.39 is 0 Å². The van der Waals surface area contributed by atoms with E-state index in [-0.39, 0.29) is 12.0 Å². The number of ether oxygens (including phenoxy) is 2. The number of carbonyl (C=O) groups excluding carboxylic acids is 1. The van der Waals surface area contributed by atoms with E-state index in [1.807, 2.05) is 23.3 Å². The lowest BCUT2D eigenvalue weighted by Crippen LogP contribution is -2.41. The molecule has 0 radical (unpaired) electrons. The Morgan fingerprint density at radius 2 is 2.20 bits per heavy atom. The molecule has 1 fully saturated rings. The lowest BCUT2D eigenvalue weighted by molar-refractivity contribution is -0.0182. The molecule has 0 bridgehead atoms. The number of nitrogens with zero attached hydrogens (tertiary/aromatic N) is 1. The molecule has 0 aromatic carbocycles. The van der Waals surface area contributed by atoms with Crippen LogP contribution in [-0.2, 0) is 9.47 Å². The molecule has 0 N–H and O–H groups in total. The van der Waals surface area contributed by atoms with Crippen molar-refractivity contribution < 1.29 is 14.3 Å². The molecule has 0 spiro atoms. The first-order valence-corrected chi connectivity index (χ1v) is 8.89. The normalized spacial score (nSPS) is 16.6. The largest absolute Gasteiger partial charge is 0.379 e. The Hall–Kier alpha value is -0.180. The number of hydrogen-bond acceptors (Lipinski definition) is 4. The summed E-state index contributed by atoms with van der Waals surface area (Å²) in [4.78, 5) is 14.2. The summed E-state index contributed by atoms with van der Waals surface area (Å²) in [7, 11) is 0. The van der Waals surface area contributed by atoms with Gasteiger partial charge in [0.25, 0.3) is 5.91 Å². The predicted octanol–water partition coefficient (Wildman–Crippen LogP) is 3.01. The van der Waals surface area contributed by atoms with Crippen LogP contribution in [0.2, 0.25) is 0 Å². The molecule has 0 aliphatic carbocycles. The van der Waals surface area contributed by atoms with Crippen molar-refractivity contribution in [3.8, 4) is 0 Å². The Bertz CT molecular complexity index is 430. The van der Waals surface area contributed by atoms with Gasteiger partial charge in [0, 0.05) is 25.1 Å². The van der Waals surface area contributed by atoms with Crippen LogP contribution in [0.25, 0.3) is 0 Å². The number of piperidine rings is 1. The number of thiophene rings is 1. The van der Waals surface area contributed by atoms with Gasteiger partial charge in [0.15, 0.2) is 0 Å². The smallest absolute Gasteiger partial charge is 0.254 e. The summed E-state index contributed by atoms with van der Waals surface area (Å²) in [5.41, 5.74) is 0.815. The first-order valence-electron chi connectivity index (χ1n) is 6.93. The average molecular weight is 409 g/mol. The summed E-state index contributed by atoms with van der Waals surface area (Å²) >= 11 is 3.86. The topological polar surface area (TPSA) is 38.8 Å². The van der Waals surface area contributed by atoms with Crippen molar-refractivity contribution in [2.75, 3.05) is 32.9 Å². The third kappa shape index (κ3) is 4.68. The number of halogens is 1. The van der Waals surface area contributed by atoms with Gasteiger partial charge in [-0.25, -0.2) is 0 Å². The standard InChI is InChI=1S/C14H20INO3S/c1-2-18-7-8-19-12-3-5-16(6-4-12)14(17)11-9-13(15)20-10-11/h9-10,12H,2-8H2,1H3. The van der Waals surface area contributed by atoms with Gasteiger partial charge in [0.2, 0.25) is 0 Å². The minimum Gasteiger partial charge on any atom is -0.379 e. The minimum atomic E-state index is 0.150. The maximum Gasteiger partial charge on any atom is 0.254 e. The Kier molecular flexibility index (Phi) is 6.73. The molecule has 112 valence electrons. The lowest BCUT2D eigenvalue weighted by Gasteiger charge is -2.31. The van der Waals surface area contributed by atoms with Gasteiger partial charge in [-0.3, -0.25) is 4.79 Å². The van der Waals surface area contributed by atoms with Crippen molar-refractivity contribution in [1.29, 1.82) is 0 Å². The Morgan fingerprint density at radius 3 is 2.80 bits per heavy atom. The minimum absolute atomic E-state index is 0.150. The van der Waals surface area contributed by atoms with E-state index in [0.29, 0.717) is 13.2 Å². The maximum absolute atomic E-state index is 12.3. The van der Waals surface area contributed by atoms with Gasteiger partial charge in [0.05, 0.1) is 27.8 Å². The van der Waals surface area contributed by atoms with Crippen LogP contribution in [-0.4, -0.2) is 49.8 Å². The molecule has 2 rings (SSSR count). The van der Waals surface area contributed by atoms with Crippen molar-refractivity contribution in [3.05, 3.63) is 19.9 Å². The molecule has 20 heavy (non-hydrogen) atoms. The molecule has 0 unspecified atom stereocenters. The van der Waals surface area contributed by atoms with Crippen molar-refractivity contribution >= 4 is 39.8 Å². The molecule has 1 saturated heterocycles. The van der Waals surface area contributed by atoms with Gasteiger partial charge < -0.3 is 14.4 Å². The number of carbonyl (C=O) groups is 1. The number of hydrogen-bond donors (Lipinski definition) is 0. The zero-order valence-corrected chi connectivity index (χ0v) is 14.6. The molecule has 0 saturated carbocycles. The maximum atomic E-state index is 12.3. The quantitative estimate of drug-likeness (QED) is 0.536. The molecule has 2 heterocycles. The molecule has 1 amide bonds. The fraction of sp³-hybridized carbons (Fsp3) is 0.643. The van der Waals surface area contributed by atoms with E-state index in [2.05, 4.69) is 22.6 Å². The summed E-state index contributed by atoms with van der Waals surface area (Å²) in [6.45, 7) is 5.58. The number of amides is 1. The second-order valence-corrected chi connectivity index (χ2v) is 7.50. The van der Waals surface area contributed by atoms with Gasteiger partial charge in [-0.05, 0) is 48.4 Å². The van der Waals surface area contributed by atoms with Gasteiger partial charge in [-0.15, -0.1) is 11.3 Å². The van der Waals surface area contributed by atoms with Crippen LogP contribution in [0.15, 0.2) is 11.4 Å². The fourth-order valence-electron chi connectivity index (χ4n) is 2.25. The SMILES string of the molecule is CCOCCOC1CCN(C(=O)c2csc(I)c2)CC1. The first-order chi connectivity index (χ1) is 9.70. The number of likely N-dealkylation sites (tertiary alicyclic amines) is 1. The van der Waals surface area contributed by atoms with Crippen LogP contribution in [0.3, 0.4) is 0 Å². The molecule has 0 atom stereocenters. The van der Waals surface area contributed by atoms with Crippen molar-refractivity contribution in [1.82, 2.24) is 4.90 Å². The molecule has 6 heteroatoms. The third-order valence-corrected chi connectivity index (χ3v) is 5.12. The van der Waals surface area contributed by atoms with Crippen molar-refractivity contribution in [2.24, 2.45) is 0 Å². The van der Waals surface area contributed by atoms with E-state index in [1.54, 1.807) is 11.3 Å². The van der Waals surface area contributed by atoms with Gasteiger partial charge in [-0.1, -0.05) is 0 Å².